The Hall–Kier alpha value is -2.57. The molecule has 0 saturated carbocycles. The van der Waals surface area contributed by atoms with Gasteiger partial charge in [-0.2, -0.15) is 0 Å². The van der Waals surface area contributed by atoms with Crippen molar-refractivity contribution >= 4 is 40.9 Å². The van der Waals surface area contributed by atoms with Gasteiger partial charge < -0.3 is 16.0 Å². The minimum Gasteiger partial charge on any atom is -0.350 e. The summed E-state index contributed by atoms with van der Waals surface area (Å²) in [5.41, 5.74) is 1.63. The molecule has 0 saturated heterocycles. The van der Waals surface area contributed by atoms with Crippen molar-refractivity contribution in [2.45, 2.75) is 32.9 Å². The van der Waals surface area contributed by atoms with Crippen molar-refractivity contribution in [2.75, 3.05) is 6.54 Å². The van der Waals surface area contributed by atoms with Crippen molar-refractivity contribution in [2.24, 2.45) is 0 Å². The summed E-state index contributed by atoms with van der Waals surface area (Å²) in [6, 6.07) is 11.6. The molecule has 8 heteroatoms. The van der Waals surface area contributed by atoms with Crippen molar-refractivity contribution in [3.05, 3.63) is 69.2 Å². The summed E-state index contributed by atoms with van der Waals surface area (Å²) in [7, 11) is 0. The van der Waals surface area contributed by atoms with Gasteiger partial charge in [-0.1, -0.05) is 42.3 Å². The minimum absolute atomic E-state index is 0.0880. The van der Waals surface area contributed by atoms with Crippen LogP contribution < -0.4 is 16.0 Å². The van der Waals surface area contributed by atoms with E-state index in [-0.39, 0.29) is 36.0 Å². The molecule has 0 bridgehead atoms. The summed E-state index contributed by atoms with van der Waals surface area (Å²) in [6.45, 7) is 3.99. The molecule has 2 aromatic carbocycles. The van der Waals surface area contributed by atoms with Crippen molar-refractivity contribution in [1.29, 1.82) is 0 Å². The third-order valence-corrected chi connectivity index (χ3v) is 5.00. The standard InChI is InChI=1S/C21H23Cl2N3O3/c1-3-13(2)26-21(29)15-6-4-5-14(9-15)11-24-19(27)12-25-20(28)16-7-8-17(22)18(23)10-16/h4-10,13H,3,11-12H2,1-2H3,(H,24,27)(H,25,28)(H,26,29). The summed E-state index contributed by atoms with van der Waals surface area (Å²) in [6.07, 6.45) is 0.843. The van der Waals surface area contributed by atoms with Gasteiger partial charge >= 0.3 is 0 Å². The van der Waals surface area contributed by atoms with Gasteiger partial charge in [-0.15, -0.1) is 0 Å². The first-order valence-corrected chi connectivity index (χ1v) is 9.95. The van der Waals surface area contributed by atoms with Gasteiger partial charge in [0, 0.05) is 23.7 Å². The van der Waals surface area contributed by atoms with E-state index in [1.165, 1.54) is 18.2 Å². The average Bonchev–Trinajstić information content (AvgIpc) is 2.72. The first-order valence-electron chi connectivity index (χ1n) is 9.20. The molecule has 0 aromatic heterocycles. The Kier molecular flexibility index (Phi) is 8.49. The lowest BCUT2D eigenvalue weighted by molar-refractivity contribution is -0.120. The lowest BCUT2D eigenvalue weighted by atomic mass is 10.1. The van der Waals surface area contributed by atoms with Crippen LogP contribution in [0.15, 0.2) is 42.5 Å². The van der Waals surface area contributed by atoms with Crippen LogP contribution in [-0.2, 0) is 11.3 Å². The van der Waals surface area contributed by atoms with Crippen molar-refractivity contribution in [3.8, 4) is 0 Å². The highest BCUT2D eigenvalue weighted by Gasteiger charge is 2.11. The van der Waals surface area contributed by atoms with Gasteiger partial charge in [-0.25, -0.2) is 0 Å². The second kappa shape index (κ2) is 10.8. The highest BCUT2D eigenvalue weighted by Crippen LogP contribution is 2.22. The third kappa shape index (κ3) is 7.07. The number of rotatable bonds is 8. The van der Waals surface area contributed by atoms with Crippen LogP contribution in [-0.4, -0.2) is 30.3 Å². The summed E-state index contributed by atoms with van der Waals surface area (Å²) in [5, 5.41) is 8.75. The molecule has 154 valence electrons. The fraction of sp³-hybridized carbons (Fsp3) is 0.286. The van der Waals surface area contributed by atoms with E-state index in [0.717, 1.165) is 12.0 Å². The Bertz CT molecular complexity index is 902. The van der Waals surface area contributed by atoms with Gasteiger partial charge in [0.25, 0.3) is 11.8 Å². The first-order chi connectivity index (χ1) is 13.8. The topological polar surface area (TPSA) is 87.3 Å². The molecule has 0 aliphatic carbocycles. The highest BCUT2D eigenvalue weighted by molar-refractivity contribution is 6.42. The van der Waals surface area contributed by atoms with Crippen LogP contribution in [0.4, 0.5) is 0 Å². The Morgan fingerprint density at radius 3 is 2.34 bits per heavy atom. The Morgan fingerprint density at radius 1 is 0.931 bits per heavy atom. The maximum absolute atomic E-state index is 12.2. The molecule has 3 amide bonds. The number of amides is 3. The molecule has 0 fully saturated rings. The fourth-order valence-electron chi connectivity index (χ4n) is 2.39. The van der Waals surface area contributed by atoms with E-state index in [1.807, 2.05) is 19.9 Å². The Balaban J connectivity index is 1.84. The van der Waals surface area contributed by atoms with Crippen LogP contribution >= 0.6 is 23.2 Å². The fourth-order valence-corrected chi connectivity index (χ4v) is 2.69. The second-order valence-electron chi connectivity index (χ2n) is 6.57. The largest absolute Gasteiger partial charge is 0.350 e. The molecule has 0 aliphatic rings. The zero-order valence-corrected chi connectivity index (χ0v) is 17.7. The lowest BCUT2D eigenvalue weighted by Gasteiger charge is -2.12. The highest BCUT2D eigenvalue weighted by atomic mass is 35.5. The van der Waals surface area contributed by atoms with E-state index >= 15 is 0 Å². The van der Waals surface area contributed by atoms with Gasteiger partial charge in [0.1, 0.15) is 0 Å². The predicted molar refractivity (Wildman–Crippen MR) is 114 cm³/mol. The number of carbonyl (C=O) groups excluding carboxylic acids is 3. The normalized spacial score (nSPS) is 11.4. The van der Waals surface area contributed by atoms with Crippen LogP contribution in [0.2, 0.25) is 10.0 Å². The number of hydrogen-bond acceptors (Lipinski definition) is 3. The van der Waals surface area contributed by atoms with E-state index in [9.17, 15) is 14.4 Å². The van der Waals surface area contributed by atoms with E-state index in [1.54, 1.807) is 18.2 Å². The second-order valence-corrected chi connectivity index (χ2v) is 7.39. The number of hydrogen-bond donors (Lipinski definition) is 3. The molecule has 0 radical (unpaired) electrons. The number of halogens is 2. The van der Waals surface area contributed by atoms with Gasteiger partial charge in [-0.05, 0) is 49.2 Å². The molecule has 1 unspecified atom stereocenters. The third-order valence-electron chi connectivity index (χ3n) is 4.26. The molecule has 1 atom stereocenters. The molecule has 0 spiro atoms. The summed E-state index contributed by atoms with van der Waals surface area (Å²) in [5.74, 6) is -0.934. The summed E-state index contributed by atoms with van der Waals surface area (Å²) >= 11 is 11.7. The predicted octanol–water partition coefficient (Wildman–Crippen LogP) is 3.57. The minimum atomic E-state index is -0.428. The summed E-state index contributed by atoms with van der Waals surface area (Å²) < 4.78 is 0. The van der Waals surface area contributed by atoms with Crippen LogP contribution in [0.3, 0.4) is 0 Å². The molecule has 3 N–H and O–H groups in total. The molecular weight excluding hydrogens is 413 g/mol. The van der Waals surface area contributed by atoms with Crippen LogP contribution in [0.25, 0.3) is 0 Å². The molecule has 29 heavy (non-hydrogen) atoms. The van der Waals surface area contributed by atoms with Gasteiger partial charge in [0.15, 0.2) is 0 Å². The molecule has 2 rings (SSSR count). The number of benzene rings is 2. The smallest absolute Gasteiger partial charge is 0.251 e. The molecule has 0 heterocycles. The van der Waals surface area contributed by atoms with Crippen molar-refractivity contribution in [3.63, 3.8) is 0 Å². The van der Waals surface area contributed by atoms with Crippen LogP contribution in [0, 0.1) is 0 Å². The average molecular weight is 436 g/mol. The first kappa shape index (κ1) is 22.7. The van der Waals surface area contributed by atoms with Crippen LogP contribution in [0.1, 0.15) is 46.5 Å². The Morgan fingerprint density at radius 2 is 1.66 bits per heavy atom. The van der Waals surface area contributed by atoms with E-state index < -0.39 is 5.91 Å². The van der Waals surface area contributed by atoms with Gasteiger partial charge in [0.05, 0.1) is 16.6 Å². The maximum Gasteiger partial charge on any atom is 0.251 e. The maximum atomic E-state index is 12.2. The van der Waals surface area contributed by atoms with Gasteiger partial charge in [-0.3, -0.25) is 14.4 Å². The number of nitrogens with one attached hydrogen (secondary N) is 3. The molecule has 0 aliphatic heterocycles. The monoisotopic (exact) mass is 435 g/mol. The van der Waals surface area contributed by atoms with Crippen molar-refractivity contribution in [1.82, 2.24) is 16.0 Å². The van der Waals surface area contributed by atoms with Gasteiger partial charge in [0.2, 0.25) is 5.91 Å². The van der Waals surface area contributed by atoms with E-state index in [4.69, 9.17) is 23.2 Å². The molecule has 6 nitrogen and oxygen atoms in total. The molecular formula is C21H23Cl2N3O3. The quantitative estimate of drug-likeness (QED) is 0.591. The van der Waals surface area contributed by atoms with Crippen molar-refractivity contribution < 1.29 is 14.4 Å². The van der Waals surface area contributed by atoms with E-state index in [0.29, 0.717) is 16.1 Å². The Labute approximate surface area is 180 Å². The zero-order valence-electron chi connectivity index (χ0n) is 16.2. The van der Waals surface area contributed by atoms with Crippen LogP contribution in [0.5, 0.6) is 0 Å². The molecule has 2 aromatic rings. The zero-order chi connectivity index (χ0) is 21.4. The van der Waals surface area contributed by atoms with E-state index in [2.05, 4.69) is 16.0 Å². The summed E-state index contributed by atoms with van der Waals surface area (Å²) in [4.78, 5) is 36.3. The number of carbonyl (C=O) groups is 3. The lowest BCUT2D eigenvalue weighted by Crippen LogP contribution is -2.36. The SMILES string of the molecule is CCC(C)NC(=O)c1cccc(CNC(=O)CNC(=O)c2ccc(Cl)c(Cl)c2)c1.